The van der Waals surface area contributed by atoms with Gasteiger partial charge in [0.15, 0.2) is 5.96 Å². The number of sulfonamides is 1. The van der Waals surface area contributed by atoms with Crippen molar-refractivity contribution in [2.45, 2.75) is 30.7 Å². The highest BCUT2D eigenvalue weighted by Crippen LogP contribution is 2.32. The number of hydrogen-bond acceptors (Lipinski definition) is 3. The van der Waals surface area contributed by atoms with E-state index < -0.39 is 10.0 Å². The number of rotatable bonds is 4. The molecule has 0 spiro atoms. The normalized spacial score (nSPS) is 20.1. The van der Waals surface area contributed by atoms with Crippen LogP contribution >= 0.6 is 24.0 Å². The lowest BCUT2D eigenvalue weighted by Gasteiger charge is -2.39. The highest BCUT2D eigenvalue weighted by Gasteiger charge is 2.28. The number of likely N-dealkylation sites (tertiary alicyclic amines) is 1. The van der Waals surface area contributed by atoms with Gasteiger partial charge in [0.1, 0.15) is 0 Å². The molecule has 2 aromatic carbocycles. The van der Waals surface area contributed by atoms with Crippen LogP contribution in [0, 0.1) is 5.92 Å². The molecule has 0 saturated carbocycles. The van der Waals surface area contributed by atoms with E-state index in [-0.39, 0.29) is 28.9 Å². The lowest BCUT2D eigenvalue weighted by atomic mass is 9.82. The van der Waals surface area contributed by atoms with E-state index in [1.165, 1.54) is 17.7 Å². The zero-order valence-corrected chi connectivity index (χ0v) is 19.9. The van der Waals surface area contributed by atoms with Crippen molar-refractivity contribution in [2.24, 2.45) is 16.0 Å². The smallest absolute Gasteiger partial charge is 0.238 e. The third kappa shape index (κ3) is 6.16. The van der Waals surface area contributed by atoms with E-state index in [1.54, 1.807) is 19.2 Å². The van der Waals surface area contributed by atoms with Gasteiger partial charge in [0.25, 0.3) is 0 Å². The molecule has 0 aromatic heterocycles. The zero-order valence-electron chi connectivity index (χ0n) is 16.8. The average molecular weight is 528 g/mol. The van der Waals surface area contributed by atoms with Gasteiger partial charge in [0.2, 0.25) is 10.0 Å². The fraction of sp³-hybridized carbons (Fsp3) is 0.381. The Morgan fingerprint density at radius 2 is 1.83 bits per heavy atom. The van der Waals surface area contributed by atoms with Crippen molar-refractivity contribution in [3.63, 3.8) is 0 Å². The number of hydrogen-bond donors (Lipinski definition) is 2. The molecule has 6 nitrogen and oxygen atoms in total. The molecule has 1 aliphatic rings. The molecular formula is C21H29IN4O2S. The van der Waals surface area contributed by atoms with Gasteiger partial charge in [-0.1, -0.05) is 49.4 Å². The third-order valence-electron chi connectivity index (χ3n) is 5.35. The second-order valence-electron chi connectivity index (χ2n) is 7.32. The first-order valence-electron chi connectivity index (χ1n) is 9.51. The minimum atomic E-state index is -3.66. The summed E-state index contributed by atoms with van der Waals surface area (Å²) < 4.78 is 22.7. The van der Waals surface area contributed by atoms with Gasteiger partial charge in [-0.3, -0.25) is 4.99 Å². The highest BCUT2D eigenvalue weighted by atomic mass is 127. The van der Waals surface area contributed by atoms with Crippen molar-refractivity contribution in [1.29, 1.82) is 0 Å². The molecule has 2 aromatic rings. The van der Waals surface area contributed by atoms with Gasteiger partial charge in [-0.2, -0.15) is 0 Å². The van der Waals surface area contributed by atoms with Crippen molar-refractivity contribution in [3.05, 3.63) is 65.7 Å². The predicted molar refractivity (Wildman–Crippen MR) is 128 cm³/mol. The Kier molecular flexibility index (Phi) is 8.47. The number of benzene rings is 2. The van der Waals surface area contributed by atoms with Crippen LogP contribution in [-0.2, 0) is 16.6 Å². The third-order valence-corrected chi connectivity index (χ3v) is 6.28. The number of aliphatic imine (C=N–C) groups is 1. The molecule has 2 atom stereocenters. The molecule has 3 rings (SSSR count). The van der Waals surface area contributed by atoms with Crippen LogP contribution in [0.3, 0.4) is 0 Å². The van der Waals surface area contributed by atoms with Gasteiger partial charge in [-0.05, 0) is 41.5 Å². The van der Waals surface area contributed by atoms with Crippen LogP contribution < -0.4 is 10.5 Å². The van der Waals surface area contributed by atoms with E-state index in [2.05, 4.69) is 52.5 Å². The Labute approximate surface area is 190 Å². The maximum atomic E-state index is 11.4. The molecule has 0 bridgehead atoms. The summed E-state index contributed by atoms with van der Waals surface area (Å²) >= 11 is 0. The molecule has 1 fully saturated rings. The van der Waals surface area contributed by atoms with Crippen molar-refractivity contribution in [1.82, 2.24) is 10.2 Å². The molecular weight excluding hydrogens is 499 g/mol. The monoisotopic (exact) mass is 528 g/mol. The predicted octanol–water partition coefficient (Wildman–Crippen LogP) is 3.15. The molecule has 8 heteroatoms. The molecule has 158 valence electrons. The number of nitrogens with one attached hydrogen (secondary N) is 1. The van der Waals surface area contributed by atoms with Crippen LogP contribution in [0.4, 0.5) is 0 Å². The summed E-state index contributed by atoms with van der Waals surface area (Å²) in [7, 11) is -1.87. The van der Waals surface area contributed by atoms with E-state index in [9.17, 15) is 8.42 Å². The number of piperidine rings is 1. The van der Waals surface area contributed by atoms with Crippen molar-refractivity contribution < 1.29 is 8.42 Å². The molecule has 0 amide bonds. The first-order valence-corrected chi connectivity index (χ1v) is 11.1. The van der Waals surface area contributed by atoms with Gasteiger partial charge in [0, 0.05) is 26.7 Å². The summed E-state index contributed by atoms with van der Waals surface area (Å²) in [5.41, 5.74) is 2.38. The molecule has 0 radical (unpaired) electrons. The molecule has 1 heterocycles. The number of nitrogens with two attached hydrogens (primary N) is 1. The van der Waals surface area contributed by atoms with Crippen molar-refractivity contribution >= 4 is 40.0 Å². The maximum absolute atomic E-state index is 11.4. The second-order valence-corrected chi connectivity index (χ2v) is 8.88. The molecule has 29 heavy (non-hydrogen) atoms. The first-order chi connectivity index (χ1) is 13.4. The Balaban J connectivity index is 0.00000300. The Morgan fingerprint density at radius 3 is 2.38 bits per heavy atom. The average Bonchev–Trinajstić information content (AvgIpc) is 2.69. The van der Waals surface area contributed by atoms with E-state index in [4.69, 9.17) is 5.14 Å². The SMILES string of the molecule is CN=C(NCc1ccc(S(N)(=O)=O)cc1)N1CCC(c2ccccc2)C(C)C1.I. The first kappa shape index (κ1) is 23.6. The molecule has 1 aliphatic heterocycles. The van der Waals surface area contributed by atoms with Gasteiger partial charge in [0.05, 0.1) is 4.90 Å². The van der Waals surface area contributed by atoms with Gasteiger partial charge in [-0.15, -0.1) is 24.0 Å². The maximum Gasteiger partial charge on any atom is 0.238 e. The lowest BCUT2D eigenvalue weighted by Crippen LogP contribution is -2.47. The van der Waals surface area contributed by atoms with Crippen LogP contribution in [0.1, 0.15) is 30.4 Å². The molecule has 1 saturated heterocycles. The number of primary sulfonamides is 1. The lowest BCUT2D eigenvalue weighted by molar-refractivity contribution is 0.234. The van der Waals surface area contributed by atoms with E-state index >= 15 is 0 Å². The van der Waals surface area contributed by atoms with Gasteiger partial charge >= 0.3 is 0 Å². The number of halogens is 1. The minimum Gasteiger partial charge on any atom is -0.352 e. The summed E-state index contributed by atoms with van der Waals surface area (Å²) in [6.45, 7) is 4.77. The summed E-state index contributed by atoms with van der Waals surface area (Å²) in [6, 6.07) is 17.3. The molecule has 0 aliphatic carbocycles. The van der Waals surface area contributed by atoms with E-state index in [0.29, 0.717) is 18.4 Å². The van der Waals surface area contributed by atoms with Crippen LogP contribution in [0.5, 0.6) is 0 Å². The topological polar surface area (TPSA) is 87.8 Å². The van der Waals surface area contributed by atoms with E-state index in [0.717, 1.165) is 31.0 Å². The highest BCUT2D eigenvalue weighted by molar-refractivity contribution is 14.0. The summed E-state index contributed by atoms with van der Waals surface area (Å²) in [5, 5.41) is 8.53. The zero-order chi connectivity index (χ0) is 20.1. The van der Waals surface area contributed by atoms with Crippen molar-refractivity contribution in [2.75, 3.05) is 20.1 Å². The molecule has 3 N–H and O–H groups in total. The number of nitrogens with zero attached hydrogens (tertiary/aromatic N) is 2. The van der Waals surface area contributed by atoms with Crippen LogP contribution in [-0.4, -0.2) is 39.4 Å². The Hall–Kier alpha value is -1.65. The van der Waals surface area contributed by atoms with E-state index in [1.807, 2.05) is 0 Å². The Bertz CT molecular complexity index is 917. The quantitative estimate of drug-likeness (QED) is 0.363. The van der Waals surface area contributed by atoms with Crippen LogP contribution in [0.15, 0.2) is 64.5 Å². The van der Waals surface area contributed by atoms with Crippen LogP contribution in [0.2, 0.25) is 0 Å². The summed E-state index contributed by atoms with van der Waals surface area (Å²) in [5.74, 6) is 1.97. The minimum absolute atomic E-state index is 0. The van der Waals surface area contributed by atoms with Crippen molar-refractivity contribution in [3.8, 4) is 0 Å². The summed E-state index contributed by atoms with van der Waals surface area (Å²) in [4.78, 5) is 6.85. The molecule has 2 unspecified atom stereocenters. The van der Waals surface area contributed by atoms with Crippen LogP contribution in [0.25, 0.3) is 0 Å². The van der Waals surface area contributed by atoms with Gasteiger partial charge < -0.3 is 10.2 Å². The fourth-order valence-corrected chi connectivity index (χ4v) is 4.36. The fourth-order valence-electron chi connectivity index (χ4n) is 3.84. The number of guanidine groups is 1. The summed E-state index contributed by atoms with van der Waals surface area (Å²) in [6.07, 6.45) is 1.09. The van der Waals surface area contributed by atoms with Gasteiger partial charge in [-0.25, -0.2) is 13.6 Å². The standard InChI is InChI=1S/C21H28N4O2S.HI/c1-16-15-25(13-12-20(16)18-6-4-3-5-7-18)21(23-2)24-14-17-8-10-19(11-9-17)28(22,26)27;/h3-11,16,20H,12-15H2,1-2H3,(H,23,24)(H2,22,26,27);1H. The second kappa shape index (κ2) is 10.4. The Morgan fingerprint density at radius 1 is 1.17 bits per heavy atom. The largest absolute Gasteiger partial charge is 0.352 e.